The first-order valence-corrected chi connectivity index (χ1v) is 7.14. The molecule has 0 N–H and O–H groups in total. The van der Waals surface area contributed by atoms with E-state index in [0.29, 0.717) is 0 Å². The predicted octanol–water partition coefficient (Wildman–Crippen LogP) is 0.202. The summed E-state index contributed by atoms with van der Waals surface area (Å²) in [6.45, 7) is 4.10. The summed E-state index contributed by atoms with van der Waals surface area (Å²) in [5, 5.41) is 0. The Morgan fingerprint density at radius 3 is 1.33 bits per heavy atom. The van der Waals surface area contributed by atoms with E-state index in [1.54, 1.807) is 0 Å². The molecule has 0 heterocycles. The molecule has 0 aromatic carbocycles. The molecule has 0 aromatic heterocycles. The first kappa shape index (κ1) is 11.9. The molecule has 0 rings (SSSR count). The van der Waals surface area contributed by atoms with E-state index in [1.165, 1.54) is 20.8 Å². The Bertz CT molecular complexity index is 291. The van der Waals surface area contributed by atoms with Crippen LogP contribution in [0.2, 0.25) is 0 Å². The third kappa shape index (κ3) is 2.45. The third-order valence-electron chi connectivity index (χ3n) is 1.82. The van der Waals surface area contributed by atoms with Crippen LogP contribution in [-0.2, 0) is 19.7 Å². The Morgan fingerprint density at radius 2 is 1.17 bits per heavy atom. The van der Waals surface area contributed by atoms with Crippen LogP contribution < -0.4 is 0 Å². The van der Waals surface area contributed by atoms with Gasteiger partial charge in [-0.15, -0.1) is 0 Å². The standard InChI is InChI=1S/C6H14O4S2/c1-4-11(7,8)6(3)12(9,10)5-2/h6H,4-5H2,1-3H3. The molecule has 0 aliphatic heterocycles. The van der Waals surface area contributed by atoms with Gasteiger partial charge in [0.2, 0.25) is 0 Å². The van der Waals surface area contributed by atoms with Crippen molar-refractivity contribution >= 4 is 19.7 Å². The van der Waals surface area contributed by atoms with Crippen molar-refractivity contribution < 1.29 is 16.8 Å². The Balaban J connectivity index is 5.00. The first-order valence-electron chi connectivity index (χ1n) is 3.71. The topological polar surface area (TPSA) is 68.3 Å². The van der Waals surface area contributed by atoms with Crippen LogP contribution >= 0.6 is 0 Å². The largest absolute Gasteiger partial charge is 0.228 e. The van der Waals surface area contributed by atoms with E-state index < -0.39 is 24.3 Å². The quantitative estimate of drug-likeness (QED) is 0.670. The minimum Gasteiger partial charge on any atom is -0.228 e. The fraction of sp³-hybridized carbons (Fsp3) is 1.00. The second-order valence-electron chi connectivity index (χ2n) is 2.47. The summed E-state index contributed by atoms with van der Waals surface area (Å²) >= 11 is 0. The lowest BCUT2D eigenvalue weighted by atomic mass is 10.9. The second kappa shape index (κ2) is 3.74. The predicted molar refractivity (Wildman–Crippen MR) is 48.4 cm³/mol. The lowest BCUT2D eigenvalue weighted by molar-refractivity contribution is 0.579. The number of rotatable bonds is 4. The second-order valence-corrected chi connectivity index (χ2v) is 7.99. The molecule has 0 radical (unpaired) electrons. The van der Waals surface area contributed by atoms with Crippen LogP contribution in [0.1, 0.15) is 20.8 Å². The monoisotopic (exact) mass is 214 g/mol. The summed E-state index contributed by atoms with van der Waals surface area (Å²) in [7, 11) is -6.91. The fourth-order valence-electron chi connectivity index (χ4n) is 0.693. The van der Waals surface area contributed by atoms with E-state index in [-0.39, 0.29) is 11.5 Å². The minimum atomic E-state index is -3.46. The average Bonchev–Trinajstić information content (AvgIpc) is 2.03. The summed E-state index contributed by atoms with van der Waals surface area (Å²) in [4.78, 5) is 0. The van der Waals surface area contributed by atoms with Gasteiger partial charge in [0.15, 0.2) is 24.3 Å². The van der Waals surface area contributed by atoms with Crippen LogP contribution in [0.15, 0.2) is 0 Å². The van der Waals surface area contributed by atoms with Gasteiger partial charge in [-0.05, 0) is 6.92 Å². The zero-order chi connectivity index (χ0) is 9.99. The van der Waals surface area contributed by atoms with Crippen LogP contribution in [0.25, 0.3) is 0 Å². The molecule has 0 fully saturated rings. The molecule has 0 saturated heterocycles. The van der Waals surface area contributed by atoms with Gasteiger partial charge >= 0.3 is 0 Å². The van der Waals surface area contributed by atoms with Gasteiger partial charge in [-0.25, -0.2) is 16.8 Å². The highest BCUT2D eigenvalue weighted by atomic mass is 32.3. The maximum absolute atomic E-state index is 11.1. The van der Waals surface area contributed by atoms with Crippen molar-refractivity contribution in [2.45, 2.75) is 25.4 Å². The molecule has 0 atom stereocenters. The van der Waals surface area contributed by atoms with Crippen molar-refractivity contribution in [3.63, 3.8) is 0 Å². The fourth-order valence-corrected chi connectivity index (χ4v) is 4.24. The van der Waals surface area contributed by atoms with Crippen molar-refractivity contribution in [1.29, 1.82) is 0 Å². The van der Waals surface area contributed by atoms with E-state index in [4.69, 9.17) is 0 Å². The molecule has 0 aliphatic rings. The lowest BCUT2D eigenvalue weighted by Gasteiger charge is -2.10. The normalized spacial score (nSPS) is 13.7. The molecular formula is C6H14O4S2. The average molecular weight is 214 g/mol. The SMILES string of the molecule is CCS(=O)(=O)C(C)S(=O)(=O)CC. The molecule has 0 aliphatic carbocycles. The Labute approximate surface area is 73.8 Å². The van der Waals surface area contributed by atoms with Gasteiger partial charge in [-0.1, -0.05) is 13.8 Å². The van der Waals surface area contributed by atoms with Gasteiger partial charge in [-0.3, -0.25) is 0 Å². The Morgan fingerprint density at radius 1 is 0.917 bits per heavy atom. The molecule has 6 heteroatoms. The lowest BCUT2D eigenvalue weighted by Crippen LogP contribution is -2.29. The van der Waals surface area contributed by atoms with Crippen molar-refractivity contribution in [3.05, 3.63) is 0 Å². The summed E-state index contributed by atoms with van der Waals surface area (Å²) in [6.07, 6.45) is 0. The van der Waals surface area contributed by atoms with Gasteiger partial charge in [0.1, 0.15) is 0 Å². The van der Waals surface area contributed by atoms with E-state index >= 15 is 0 Å². The maximum atomic E-state index is 11.1. The van der Waals surface area contributed by atoms with Crippen LogP contribution in [-0.4, -0.2) is 32.9 Å². The van der Waals surface area contributed by atoms with Crippen molar-refractivity contribution in [3.8, 4) is 0 Å². The van der Waals surface area contributed by atoms with Gasteiger partial charge in [-0.2, -0.15) is 0 Å². The molecule has 0 amide bonds. The zero-order valence-corrected chi connectivity index (χ0v) is 9.07. The smallest absolute Gasteiger partial charge is 0.166 e. The van der Waals surface area contributed by atoms with Crippen LogP contribution in [0.5, 0.6) is 0 Å². The summed E-state index contributed by atoms with van der Waals surface area (Å²) in [6, 6.07) is 0. The highest BCUT2D eigenvalue weighted by Crippen LogP contribution is 2.10. The maximum Gasteiger partial charge on any atom is 0.166 e. The van der Waals surface area contributed by atoms with E-state index in [2.05, 4.69) is 0 Å². The molecule has 0 spiro atoms. The van der Waals surface area contributed by atoms with Crippen molar-refractivity contribution in [2.75, 3.05) is 11.5 Å². The van der Waals surface area contributed by atoms with E-state index in [1.807, 2.05) is 0 Å². The third-order valence-corrected chi connectivity index (χ3v) is 7.21. The van der Waals surface area contributed by atoms with Gasteiger partial charge < -0.3 is 0 Å². The van der Waals surface area contributed by atoms with Crippen molar-refractivity contribution in [2.24, 2.45) is 0 Å². The van der Waals surface area contributed by atoms with Gasteiger partial charge in [0.05, 0.1) is 0 Å². The number of hydrogen-bond acceptors (Lipinski definition) is 4. The minimum absolute atomic E-state index is 0.132. The molecule has 0 saturated carbocycles. The summed E-state index contributed by atoms with van der Waals surface area (Å²) < 4.78 is 43.2. The molecule has 74 valence electrons. The summed E-state index contributed by atoms with van der Waals surface area (Å²) in [5.41, 5.74) is 0. The highest BCUT2D eigenvalue weighted by molar-refractivity contribution is 8.09. The Hall–Kier alpha value is -0.100. The molecule has 0 bridgehead atoms. The number of sulfone groups is 2. The molecule has 4 nitrogen and oxygen atoms in total. The van der Waals surface area contributed by atoms with Crippen molar-refractivity contribution in [1.82, 2.24) is 0 Å². The molecule has 0 aromatic rings. The van der Waals surface area contributed by atoms with Crippen LogP contribution in [0, 0.1) is 0 Å². The van der Waals surface area contributed by atoms with Gasteiger partial charge in [0.25, 0.3) is 0 Å². The highest BCUT2D eigenvalue weighted by Gasteiger charge is 2.30. The van der Waals surface area contributed by atoms with E-state index in [0.717, 1.165) is 0 Å². The van der Waals surface area contributed by atoms with Gasteiger partial charge in [0, 0.05) is 11.5 Å². The Kier molecular flexibility index (Phi) is 3.71. The zero-order valence-electron chi connectivity index (χ0n) is 7.44. The molecular weight excluding hydrogens is 200 g/mol. The summed E-state index contributed by atoms with van der Waals surface area (Å²) in [5.74, 6) is -0.263. The van der Waals surface area contributed by atoms with Crippen LogP contribution in [0.3, 0.4) is 0 Å². The number of hydrogen-bond donors (Lipinski definition) is 0. The van der Waals surface area contributed by atoms with Crippen LogP contribution in [0.4, 0.5) is 0 Å². The first-order chi connectivity index (χ1) is 5.28. The molecule has 0 unspecified atom stereocenters. The van der Waals surface area contributed by atoms with E-state index in [9.17, 15) is 16.8 Å². The molecule has 12 heavy (non-hydrogen) atoms.